The fraction of sp³-hybridized carbons (Fsp3) is 0.462. The smallest absolute Gasteiger partial charge is 0.171 e. The quantitative estimate of drug-likeness (QED) is 0.748. The summed E-state index contributed by atoms with van der Waals surface area (Å²) in [7, 11) is 0. The van der Waals surface area contributed by atoms with Crippen LogP contribution in [-0.4, -0.2) is 11.2 Å². The Morgan fingerprint density at radius 2 is 2.00 bits per heavy atom. The molecule has 0 aliphatic heterocycles. The third-order valence-corrected chi connectivity index (χ3v) is 3.85. The van der Waals surface area contributed by atoms with Gasteiger partial charge in [0.05, 0.1) is 10.7 Å². The average molecular weight is 350 g/mol. The first-order chi connectivity index (χ1) is 8.20. The first-order valence-electron chi connectivity index (χ1n) is 5.72. The summed E-state index contributed by atoms with van der Waals surface area (Å²) in [6, 6.07) is 5.91. The Balaban J connectivity index is 2.65. The molecule has 0 saturated heterocycles. The zero-order valence-corrected chi connectivity index (χ0v) is 14.1. The summed E-state index contributed by atoms with van der Waals surface area (Å²) in [6.45, 7) is 8.61. The summed E-state index contributed by atoms with van der Waals surface area (Å²) in [5.41, 5.74) is 0.952. The van der Waals surface area contributed by atoms with E-state index in [2.05, 4.69) is 54.3 Å². The van der Waals surface area contributed by atoms with E-state index >= 15 is 0 Å². The lowest BCUT2D eigenvalue weighted by Crippen LogP contribution is -2.43. The minimum Gasteiger partial charge on any atom is -0.359 e. The molecule has 0 aliphatic carbocycles. The Kier molecular flexibility index (Phi) is 5.44. The fourth-order valence-electron chi connectivity index (χ4n) is 1.16. The molecule has 0 aromatic heterocycles. The molecule has 0 saturated carbocycles. The summed E-state index contributed by atoms with van der Waals surface area (Å²) < 4.78 is 0.944. The van der Waals surface area contributed by atoms with Crippen LogP contribution >= 0.6 is 39.7 Å². The van der Waals surface area contributed by atoms with E-state index in [9.17, 15) is 0 Å². The highest BCUT2D eigenvalue weighted by Gasteiger charge is 2.20. The highest BCUT2D eigenvalue weighted by atomic mass is 79.9. The number of thiocarbonyl (C=S) groups is 1. The van der Waals surface area contributed by atoms with E-state index in [0.717, 1.165) is 10.2 Å². The second-order valence-corrected chi connectivity index (χ2v) is 7.04. The summed E-state index contributed by atoms with van der Waals surface area (Å²) >= 11 is 14.8. The first-order valence-corrected chi connectivity index (χ1v) is 7.30. The molecule has 0 bridgehead atoms. The predicted octanol–water partition coefficient (Wildman–Crippen LogP) is 4.82. The van der Waals surface area contributed by atoms with Gasteiger partial charge in [-0.05, 0) is 42.8 Å². The molecule has 1 unspecified atom stereocenters. The van der Waals surface area contributed by atoms with Gasteiger partial charge in [-0.15, -0.1) is 0 Å². The van der Waals surface area contributed by atoms with Gasteiger partial charge in [-0.3, -0.25) is 0 Å². The zero-order valence-electron chi connectivity index (χ0n) is 11.0. The molecule has 1 atom stereocenters. The molecule has 0 fully saturated rings. The Bertz CT molecular complexity index is 443. The molecule has 0 radical (unpaired) electrons. The second kappa shape index (κ2) is 6.22. The third-order valence-electron chi connectivity index (χ3n) is 2.83. The second-order valence-electron chi connectivity index (χ2n) is 5.31. The van der Waals surface area contributed by atoms with Gasteiger partial charge in [0.2, 0.25) is 0 Å². The lowest BCUT2D eigenvalue weighted by molar-refractivity contribution is 0.317. The topological polar surface area (TPSA) is 24.1 Å². The third kappa shape index (κ3) is 4.75. The number of anilines is 1. The van der Waals surface area contributed by atoms with E-state index in [1.54, 1.807) is 0 Å². The largest absolute Gasteiger partial charge is 0.359 e. The lowest BCUT2D eigenvalue weighted by Gasteiger charge is -2.29. The van der Waals surface area contributed by atoms with Gasteiger partial charge in [-0.25, -0.2) is 0 Å². The Labute approximate surface area is 128 Å². The molecule has 1 aromatic rings. The van der Waals surface area contributed by atoms with Crippen molar-refractivity contribution in [3.63, 3.8) is 0 Å². The number of rotatable bonds is 2. The monoisotopic (exact) mass is 348 g/mol. The van der Waals surface area contributed by atoms with E-state index < -0.39 is 0 Å². The minimum atomic E-state index is 0.148. The van der Waals surface area contributed by atoms with Crippen LogP contribution in [0.2, 0.25) is 5.02 Å². The van der Waals surface area contributed by atoms with Gasteiger partial charge in [-0.2, -0.15) is 0 Å². The van der Waals surface area contributed by atoms with Crippen molar-refractivity contribution in [3.05, 3.63) is 27.7 Å². The van der Waals surface area contributed by atoms with Crippen molar-refractivity contribution in [1.29, 1.82) is 0 Å². The maximum absolute atomic E-state index is 6.12. The van der Waals surface area contributed by atoms with Crippen LogP contribution in [0.4, 0.5) is 5.69 Å². The normalized spacial score (nSPS) is 13.0. The highest BCUT2D eigenvalue weighted by molar-refractivity contribution is 9.10. The lowest BCUT2D eigenvalue weighted by atomic mass is 9.88. The molecule has 1 rings (SSSR count). The Morgan fingerprint density at radius 1 is 1.39 bits per heavy atom. The van der Waals surface area contributed by atoms with Crippen molar-refractivity contribution in [2.24, 2.45) is 5.41 Å². The van der Waals surface area contributed by atoms with E-state index in [0.29, 0.717) is 10.1 Å². The average Bonchev–Trinajstić information content (AvgIpc) is 2.20. The van der Waals surface area contributed by atoms with Crippen LogP contribution in [0.3, 0.4) is 0 Å². The fourth-order valence-corrected chi connectivity index (χ4v) is 2.17. The summed E-state index contributed by atoms with van der Waals surface area (Å²) in [4.78, 5) is 0. The number of hydrogen-bond donors (Lipinski definition) is 2. The van der Waals surface area contributed by atoms with Crippen molar-refractivity contribution >= 4 is 50.5 Å². The number of hydrogen-bond acceptors (Lipinski definition) is 1. The van der Waals surface area contributed by atoms with Gasteiger partial charge >= 0.3 is 0 Å². The van der Waals surface area contributed by atoms with Crippen LogP contribution in [0.1, 0.15) is 27.7 Å². The van der Waals surface area contributed by atoms with Gasteiger partial charge in [0.15, 0.2) is 5.11 Å². The number of halogens is 2. The Hall–Kier alpha value is -0.320. The molecule has 5 heteroatoms. The number of nitrogens with one attached hydrogen (secondary N) is 2. The first kappa shape index (κ1) is 15.7. The van der Waals surface area contributed by atoms with Crippen LogP contribution in [0.15, 0.2) is 22.7 Å². The SMILES string of the molecule is CC(NC(=S)Nc1ccc(Br)cc1Cl)C(C)(C)C. The molecular formula is C13H18BrClN2S. The molecule has 2 N–H and O–H groups in total. The highest BCUT2D eigenvalue weighted by Crippen LogP contribution is 2.25. The van der Waals surface area contributed by atoms with E-state index in [1.165, 1.54) is 0 Å². The maximum Gasteiger partial charge on any atom is 0.171 e. The zero-order chi connectivity index (χ0) is 13.9. The summed E-state index contributed by atoms with van der Waals surface area (Å²) in [5.74, 6) is 0. The summed E-state index contributed by atoms with van der Waals surface area (Å²) in [5, 5.41) is 7.59. The van der Waals surface area contributed by atoms with Crippen LogP contribution < -0.4 is 10.6 Å². The standard InChI is InChI=1S/C13H18BrClN2S/c1-8(13(2,3)4)16-12(18)17-11-6-5-9(14)7-10(11)15/h5-8H,1-4H3,(H2,16,17,18). The molecule has 0 heterocycles. The van der Waals surface area contributed by atoms with Crippen LogP contribution in [-0.2, 0) is 0 Å². The molecule has 100 valence electrons. The van der Waals surface area contributed by atoms with Crippen molar-refractivity contribution in [1.82, 2.24) is 5.32 Å². The van der Waals surface area contributed by atoms with Crippen molar-refractivity contribution in [3.8, 4) is 0 Å². The predicted molar refractivity (Wildman–Crippen MR) is 87.4 cm³/mol. The number of benzene rings is 1. The van der Waals surface area contributed by atoms with Crippen molar-refractivity contribution in [2.75, 3.05) is 5.32 Å². The molecule has 1 aromatic carbocycles. The van der Waals surface area contributed by atoms with Crippen LogP contribution in [0.25, 0.3) is 0 Å². The van der Waals surface area contributed by atoms with E-state index in [-0.39, 0.29) is 11.5 Å². The van der Waals surface area contributed by atoms with Gasteiger partial charge in [0.25, 0.3) is 0 Å². The Morgan fingerprint density at radius 3 is 2.50 bits per heavy atom. The minimum absolute atomic E-state index is 0.148. The summed E-state index contributed by atoms with van der Waals surface area (Å²) in [6.07, 6.45) is 0. The molecule has 2 nitrogen and oxygen atoms in total. The van der Waals surface area contributed by atoms with Gasteiger partial charge in [-0.1, -0.05) is 48.3 Å². The molecular weight excluding hydrogens is 332 g/mol. The van der Waals surface area contributed by atoms with Gasteiger partial charge in [0.1, 0.15) is 0 Å². The maximum atomic E-state index is 6.12. The van der Waals surface area contributed by atoms with Gasteiger partial charge < -0.3 is 10.6 Å². The van der Waals surface area contributed by atoms with Crippen LogP contribution in [0.5, 0.6) is 0 Å². The molecule has 0 amide bonds. The molecule has 0 spiro atoms. The van der Waals surface area contributed by atoms with E-state index in [4.69, 9.17) is 23.8 Å². The molecule has 18 heavy (non-hydrogen) atoms. The molecule has 0 aliphatic rings. The van der Waals surface area contributed by atoms with Crippen molar-refractivity contribution < 1.29 is 0 Å². The van der Waals surface area contributed by atoms with Crippen LogP contribution in [0, 0.1) is 5.41 Å². The van der Waals surface area contributed by atoms with Gasteiger partial charge in [0, 0.05) is 10.5 Å². The van der Waals surface area contributed by atoms with E-state index in [1.807, 2.05) is 18.2 Å². The van der Waals surface area contributed by atoms with Crippen molar-refractivity contribution in [2.45, 2.75) is 33.7 Å².